The summed E-state index contributed by atoms with van der Waals surface area (Å²) in [5, 5.41) is 13.4. The number of anilines is 1. The minimum Gasteiger partial charge on any atom is -0.434 e. The topological polar surface area (TPSA) is 90.2 Å². The Morgan fingerprint density at radius 2 is 2.25 bits per heavy atom. The molecule has 0 saturated heterocycles. The molecule has 0 aliphatic heterocycles. The minimum absolute atomic E-state index is 0.0690. The molecule has 20 heavy (non-hydrogen) atoms. The van der Waals surface area contributed by atoms with E-state index in [2.05, 4.69) is 15.3 Å². The molecule has 104 valence electrons. The maximum Gasteiger partial charge on any atom is 0.273 e. The molecule has 1 aromatic carbocycles. The normalized spacial score (nSPS) is 10.2. The van der Waals surface area contributed by atoms with Gasteiger partial charge in [-0.1, -0.05) is 11.6 Å². The molecule has 0 unspecified atom stereocenters. The summed E-state index contributed by atoms with van der Waals surface area (Å²) in [6.07, 6.45) is 0.916. The molecule has 7 nitrogen and oxygen atoms in total. The first-order chi connectivity index (χ1) is 9.51. The van der Waals surface area contributed by atoms with Crippen LogP contribution in [0.15, 0.2) is 24.4 Å². The number of benzene rings is 1. The number of hydrogen-bond acceptors (Lipinski definition) is 6. The van der Waals surface area contributed by atoms with Gasteiger partial charge in [-0.3, -0.25) is 10.1 Å². The van der Waals surface area contributed by atoms with Gasteiger partial charge in [-0.2, -0.15) is 9.37 Å². The van der Waals surface area contributed by atoms with E-state index in [0.717, 1.165) is 12.3 Å². The molecule has 1 heterocycles. The summed E-state index contributed by atoms with van der Waals surface area (Å²) >= 11 is 5.85. The standard InChI is InChI=1S/C11H8ClFN4O3/c1-14-11-15-5-8(13)10(16-11)20-9-4-6(17(18)19)2-3-7(9)12/h2-5H,1H3,(H,14,15,16). The van der Waals surface area contributed by atoms with Crippen LogP contribution in [0.4, 0.5) is 16.0 Å². The summed E-state index contributed by atoms with van der Waals surface area (Å²) < 4.78 is 18.7. The van der Waals surface area contributed by atoms with E-state index in [0.29, 0.717) is 0 Å². The molecule has 9 heteroatoms. The number of non-ortho nitro benzene ring substituents is 1. The molecule has 0 saturated carbocycles. The van der Waals surface area contributed by atoms with E-state index >= 15 is 0 Å². The molecule has 0 aliphatic carbocycles. The van der Waals surface area contributed by atoms with Crippen LogP contribution in [-0.2, 0) is 0 Å². The Labute approximate surface area is 117 Å². The summed E-state index contributed by atoms with van der Waals surface area (Å²) in [4.78, 5) is 17.5. The van der Waals surface area contributed by atoms with Gasteiger partial charge in [0.1, 0.15) is 0 Å². The molecule has 0 fully saturated rings. The van der Waals surface area contributed by atoms with Crippen molar-refractivity contribution in [3.8, 4) is 11.6 Å². The number of aromatic nitrogens is 2. The van der Waals surface area contributed by atoms with Crippen LogP contribution in [-0.4, -0.2) is 21.9 Å². The Hall–Kier alpha value is -2.48. The zero-order valence-electron chi connectivity index (χ0n) is 10.1. The summed E-state index contributed by atoms with van der Waals surface area (Å²) in [5.41, 5.74) is -0.229. The summed E-state index contributed by atoms with van der Waals surface area (Å²) in [6, 6.07) is 3.58. The molecule has 0 atom stereocenters. The van der Waals surface area contributed by atoms with Gasteiger partial charge >= 0.3 is 0 Å². The van der Waals surface area contributed by atoms with Gasteiger partial charge in [0.2, 0.25) is 11.8 Å². The van der Waals surface area contributed by atoms with Gasteiger partial charge in [0.25, 0.3) is 11.6 Å². The van der Waals surface area contributed by atoms with Crippen LogP contribution in [0.2, 0.25) is 5.02 Å². The van der Waals surface area contributed by atoms with Gasteiger partial charge in [-0.05, 0) is 6.07 Å². The van der Waals surface area contributed by atoms with Gasteiger partial charge in [-0.15, -0.1) is 0 Å². The molecule has 1 N–H and O–H groups in total. The third-order valence-corrected chi connectivity index (χ3v) is 2.58. The number of nitro benzene ring substituents is 1. The van der Waals surface area contributed by atoms with E-state index in [1.54, 1.807) is 7.05 Å². The predicted molar refractivity (Wildman–Crippen MR) is 69.7 cm³/mol. The SMILES string of the molecule is CNc1ncc(F)c(Oc2cc([N+](=O)[O-])ccc2Cl)n1. The maximum absolute atomic E-state index is 13.5. The summed E-state index contributed by atoms with van der Waals surface area (Å²) in [5.74, 6) is -1.12. The highest BCUT2D eigenvalue weighted by molar-refractivity contribution is 6.32. The van der Waals surface area contributed by atoms with Crippen molar-refractivity contribution in [3.63, 3.8) is 0 Å². The zero-order valence-corrected chi connectivity index (χ0v) is 10.9. The predicted octanol–water partition coefficient (Wildman–Crippen LogP) is 3.01. The average Bonchev–Trinajstić information content (AvgIpc) is 2.43. The molecule has 0 bridgehead atoms. The second-order valence-electron chi connectivity index (χ2n) is 3.57. The lowest BCUT2D eigenvalue weighted by atomic mass is 10.3. The van der Waals surface area contributed by atoms with Gasteiger partial charge in [-0.25, -0.2) is 4.98 Å². The molecule has 0 radical (unpaired) electrons. The van der Waals surface area contributed by atoms with E-state index in [-0.39, 0.29) is 28.3 Å². The molecule has 0 aliphatic rings. The van der Waals surface area contributed by atoms with Crippen molar-refractivity contribution in [2.24, 2.45) is 0 Å². The van der Waals surface area contributed by atoms with Crippen molar-refractivity contribution in [1.82, 2.24) is 9.97 Å². The van der Waals surface area contributed by atoms with Crippen molar-refractivity contribution in [2.75, 3.05) is 12.4 Å². The first-order valence-electron chi connectivity index (χ1n) is 5.33. The fourth-order valence-corrected chi connectivity index (χ4v) is 1.49. The molecule has 2 rings (SSSR count). The van der Waals surface area contributed by atoms with Gasteiger partial charge in [0.05, 0.1) is 22.2 Å². The number of rotatable bonds is 4. The number of halogens is 2. The average molecular weight is 299 g/mol. The Morgan fingerprint density at radius 1 is 1.50 bits per heavy atom. The third-order valence-electron chi connectivity index (χ3n) is 2.27. The van der Waals surface area contributed by atoms with Crippen molar-refractivity contribution >= 4 is 23.2 Å². The number of ether oxygens (including phenoxy) is 1. The third kappa shape index (κ3) is 2.91. The quantitative estimate of drug-likeness (QED) is 0.689. The van der Waals surface area contributed by atoms with E-state index in [1.807, 2.05) is 0 Å². The smallest absolute Gasteiger partial charge is 0.273 e. The van der Waals surface area contributed by atoms with E-state index in [1.165, 1.54) is 12.1 Å². The molecule has 1 aromatic heterocycles. The van der Waals surface area contributed by atoms with Gasteiger partial charge in [0.15, 0.2) is 5.75 Å². The Bertz CT molecular complexity index is 668. The van der Waals surface area contributed by atoms with Crippen molar-refractivity contribution in [2.45, 2.75) is 0 Å². The second-order valence-corrected chi connectivity index (χ2v) is 3.98. The van der Waals surface area contributed by atoms with Gasteiger partial charge in [0, 0.05) is 13.1 Å². The first-order valence-corrected chi connectivity index (χ1v) is 5.71. The lowest BCUT2D eigenvalue weighted by molar-refractivity contribution is -0.384. The highest BCUT2D eigenvalue weighted by atomic mass is 35.5. The highest BCUT2D eigenvalue weighted by Gasteiger charge is 2.15. The molecule has 0 spiro atoms. The summed E-state index contributed by atoms with van der Waals surface area (Å²) in [7, 11) is 1.55. The number of nitro groups is 1. The number of nitrogens with one attached hydrogen (secondary N) is 1. The molecule has 0 amide bonds. The zero-order chi connectivity index (χ0) is 14.7. The fourth-order valence-electron chi connectivity index (χ4n) is 1.33. The van der Waals surface area contributed by atoms with Crippen LogP contribution in [0.1, 0.15) is 0 Å². The van der Waals surface area contributed by atoms with Gasteiger partial charge < -0.3 is 10.1 Å². The molecular formula is C11H8ClFN4O3. The van der Waals surface area contributed by atoms with Crippen LogP contribution >= 0.6 is 11.6 Å². The fraction of sp³-hybridized carbons (Fsp3) is 0.0909. The lowest BCUT2D eigenvalue weighted by Crippen LogP contribution is -2.00. The van der Waals surface area contributed by atoms with Crippen LogP contribution in [0.25, 0.3) is 0 Å². The van der Waals surface area contributed by atoms with E-state index < -0.39 is 10.7 Å². The van der Waals surface area contributed by atoms with Crippen LogP contribution < -0.4 is 10.1 Å². The number of hydrogen-bond donors (Lipinski definition) is 1. The van der Waals surface area contributed by atoms with Crippen LogP contribution in [0, 0.1) is 15.9 Å². The number of nitrogens with zero attached hydrogens (tertiary/aromatic N) is 3. The molecular weight excluding hydrogens is 291 g/mol. The van der Waals surface area contributed by atoms with Crippen molar-refractivity contribution < 1.29 is 14.1 Å². The second kappa shape index (κ2) is 5.66. The van der Waals surface area contributed by atoms with Crippen LogP contribution in [0.5, 0.6) is 11.6 Å². The minimum atomic E-state index is -0.813. The Morgan fingerprint density at radius 3 is 2.90 bits per heavy atom. The van der Waals surface area contributed by atoms with Crippen LogP contribution in [0.3, 0.4) is 0 Å². The highest BCUT2D eigenvalue weighted by Crippen LogP contribution is 2.33. The maximum atomic E-state index is 13.5. The molecule has 2 aromatic rings. The van der Waals surface area contributed by atoms with E-state index in [4.69, 9.17) is 16.3 Å². The van der Waals surface area contributed by atoms with Crippen molar-refractivity contribution in [1.29, 1.82) is 0 Å². The Balaban J connectivity index is 2.38. The largest absolute Gasteiger partial charge is 0.434 e. The monoisotopic (exact) mass is 298 g/mol. The van der Waals surface area contributed by atoms with Crippen molar-refractivity contribution in [3.05, 3.63) is 45.4 Å². The Kier molecular flexibility index (Phi) is 3.94. The summed E-state index contributed by atoms with van der Waals surface area (Å²) in [6.45, 7) is 0. The first kappa shape index (κ1) is 13.9. The lowest BCUT2D eigenvalue weighted by Gasteiger charge is -2.08. The van der Waals surface area contributed by atoms with E-state index in [9.17, 15) is 14.5 Å².